The molecule has 7 atom stereocenters. The lowest BCUT2D eigenvalue weighted by Gasteiger charge is -2.60. The Bertz CT molecular complexity index is 2530. The van der Waals surface area contributed by atoms with Gasteiger partial charge in [-0.15, -0.1) is 18.2 Å². The molecule has 0 radical (unpaired) electrons. The fourth-order valence-electron chi connectivity index (χ4n) is 10.9. The number of ether oxygens (including phenoxy) is 7. The van der Waals surface area contributed by atoms with Gasteiger partial charge in [-0.3, -0.25) is 10.2 Å². The number of anilines is 1. The highest BCUT2D eigenvalue weighted by Crippen LogP contribution is 2.62. The van der Waals surface area contributed by atoms with Gasteiger partial charge < -0.3 is 48.2 Å². The number of fused-ring (bicyclic) bond motifs is 3. The zero-order valence-corrected chi connectivity index (χ0v) is 41.4. The number of oxime groups is 1. The number of hydrogen-bond donors (Lipinski definition) is 3. The molecule has 2 fully saturated rings. The van der Waals surface area contributed by atoms with Crippen LogP contribution in [-0.2, 0) is 25.6 Å². The molecule has 15 nitrogen and oxygen atoms in total. The lowest BCUT2D eigenvalue weighted by Crippen LogP contribution is -2.70. The number of methoxy groups -OCH3 is 2. The van der Waals surface area contributed by atoms with Gasteiger partial charge in [-0.1, -0.05) is 72.6 Å². The van der Waals surface area contributed by atoms with Crippen molar-refractivity contribution in [3.63, 3.8) is 0 Å². The number of amides is 2. The summed E-state index contributed by atoms with van der Waals surface area (Å²) in [7, 11) is 3.05. The molecule has 4 aliphatic rings. The Hall–Kier alpha value is -5.84. The fraction of sp³-hybridized carbons (Fsp3) is 0.473. The van der Waals surface area contributed by atoms with Gasteiger partial charge in [0.1, 0.15) is 35.6 Å². The number of carbonyl (C=O) groups excluding carboxylic acids is 2. The zero-order chi connectivity index (χ0) is 49.7. The third kappa shape index (κ3) is 11.6. The SMILES string of the molecule is C=CCOC12Oc3ccc(OC(=O)Nc4ccc(OC)cc4OC)cc3C3C(CCCCO)C(CCCCO)C=C(C(=NOC4CCCCO4)CC1N(Cc1cccc4ccccc14)C(=O)OCCCl)C32. The van der Waals surface area contributed by atoms with Crippen LogP contribution in [0.4, 0.5) is 15.3 Å². The van der Waals surface area contributed by atoms with Crippen LogP contribution in [0.3, 0.4) is 0 Å². The van der Waals surface area contributed by atoms with Crippen molar-refractivity contribution in [3.05, 3.63) is 114 Å². The van der Waals surface area contributed by atoms with Gasteiger partial charge in [0, 0.05) is 43.6 Å². The van der Waals surface area contributed by atoms with Crippen LogP contribution in [0.2, 0.25) is 0 Å². The zero-order valence-electron chi connectivity index (χ0n) is 40.6. The maximum atomic E-state index is 14.9. The van der Waals surface area contributed by atoms with Crippen LogP contribution in [-0.4, -0.2) is 104 Å². The van der Waals surface area contributed by atoms with E-state index in [0.29, 0.717) is 67.4 Å². The van der Waals surface area contributed by atoms with Crippen molar-refractivity contribution in [1.82, 2.24) is 4.90 Å². The first-order chi connectivity index (χ1) is 34.7. The Balaban J connectivity index is 1.31. The van der Waals surface area contributed by atoms with E-state index in [4.69, 9.17) is 54.8 Å². The third-order valence-electron chi connectivity index (χ3n) is 14.1. The molecule has 0 spiro atoms. The average Bonchev–Trinajstić information content (AvgIpc) is 3.39. The first kappa shape index (κ1) is 51.5. The van der Waals surface area contributed by atoms with Crippen molar-refractivity contribution in [2.75, 3.05) is 58.5 Å². The van der Waals surface area contributed by atoms with Gasteiger partial charge in [0.05, 0.1) is 57.2 Å². The highest BCUT2D eigenvalue weighted by atomic mass is 35.5. The Labute approximate surface area is 420 Å². The molecule has 2 amide bonds. The highest BCUT2D eigenvalue weighted by Gasteiger charge is 2.66. The predicted octanol–water partition coefficient (Wildman–Crippen LogP) is 10.5. The molecular weight excluding hydrogens is 930 g/mol. The van der Waals surface area contributed by atoms with Crippen molar-refractivity contribution >= 4 is 46.0 Å². The number of hydrogen-bond acceptors (Lipinski definition) is 13. The number of carbonyl (C=O) groups is 2. The maximum absolute atomic E-state index is 14.9. The second-order valence-corrected chi connectivity index (χ2v) is 18.7. The summed E-state index contributed by atoms with van der Waals surface area (Å²) >= 11 is 6.19. The van der Waals surface area contributed by atoms with Gasteiger partial charge in [-0.25, -0.2) is 9.59 Å². The molecule has 7 unspecified atom stereocenters. The van der Waals surface area contributed by atoms with Crippen LogP contribution in [0, 0.1) is 17.8 Å². The van der Waals surface area contributed by atoms with Gasteiger partial charge >= 0.3 is 12.2 Å². The summed E-state index contributed by atoms with van der Waals surface area (Å²) in [6.07, 6.45) is 8.83. The number of nitrogens with zero attached hydrogens (tertiary/aromatic N) is 2. The van der Waals surface area contributed by atoms with E-state index in [1.165, 1.54) is 7.11 Å². The maximum Gasteiger partial charge on any atom is 0.417 e. The molecule has 16 heteroatoms. The van der Waals surface area contributed by atoms with Crippen LogP contribution in [0.15, 0.2) is 108 Å². The first-order valence-electron chi connectivity index (χ1n) is 24.8. The summed E-state index contributed by atoms with van der Waals surface area (Å²) in [5, 5.41) is 29.9. The topological polar surface area (TPSA) is 176 Å². The number of rotatable bonds is 22. The van der Waals surface area contributed by atoms with Crippen molar-refractivity contribution in [3.8, 4) is 23.0 Å². The number of halogens is 1. The van der Waals surface area contributed by atoms with E-state index in [0.717, 1.165) is 53.2 Å². The Morgan fingerprint density at radius 3 is 2.52 bits per heavy atom. The van der Waals surface area contributed by atoms with Crippen molar-refractivity contribution in [2.24, 2.45) is 22.9 Å². The van der Waals surface area contributed by atoms with Crippen LogP contribution < -0.4 is 24.3 Å². The summed E-state index contributed by atoms with van der Waals surface area (Å²) in [6, 6.07) is 23.5. The normalized spacial score (nSPS) is 23.8. The summed E-state index contributed by atoms with van der Waals surface area (Å²) in [4.78, 5) is 36.7. The van der Waals surface area contributed by atoms with Crippen molar-refractivity contribution in [2.45, 2.75) is 94.8 Å². The largest absolute Gasteiger partial charge is 0.497 e. The lowest BCUT2D eigenvalue weighted by atomic mass is 9.55. The average molecular weight is 997 g/mol. The molecule has 0 bridgehead atoms. The fourth-order valence-corrected chi connectivity index (χ4v) is 11.0. The Kier molecular flexibility index (Phi) is 17.8. The van der Waals surface area contributed by atoms with E-state index >= 15 is 0 Å². The summed E-state index contributed by atoms with van der Waals surface area (Å²) in [5.74, 6) is -0.965. The standard InChI is InChI=1S/C55H66ClN3O12/c1-4-28-68-55-49(59(54(63)67-30-25-56)35-38-17-13-16-36-14-5-6-18-41(36)38)34-46(58-71-50-20-9-12-29-66-50)43-31-37(15-7-10-26-60)42(19-8-11-27-61)51(52(43)55)44-32-40(22-24-47(44)70-55)69-53(62)57-45-23-21-39(64-2)33-48(45)65-3/h4-6,13-14,16-18,21-24,31-33,37,42,49-52,60-61H,1,7-12,15,19-20,25-30,34-35H2,2-3H3,(H,57,62). The molecule has 380 valence electrons. The summed E-state index contributed by atoms with van der Waals surface area (Å²) < 4.78 is 43.5. The molecule has 2 aliphatic carbocycles. The smallest absolute Gasteiger partial charge is 0.417 e. The number of allylic oxidation sites excluding steroid dienone is 1. The van der Waals surface area contributed by atoms with Gasteiger partial charge in [-0.05, 0) is 103 Å². The van der Waals surface area contributed by atoms with Crippen LogP contribution in [0.25, 0.3) is 10.8 Å². The van der Waals surface area contributed by atoms with Gasteiger partial charge in [0.25, 0.3) is 0 Å². The molecule has 0 aromatic heterocycles. The number of alkyl halides is 1. The van der Waals surface area contributed by atoms with Crippen molar-refractivity contribution < 1.29 is 57.8 Å². The number of aliphatic hydroxyl groups excluding tert-OH is 2. The van der Waals surface area contributed by atoms with E-state index in [9.17, 15) is 19.8 Å². The number of benzene rings is 4. The molecule has 3 N–H and O–H groups in total. The van der Waals surface area contributed by atoms with Gasteiger partial charge in [0.15, 0.2) is 0 Å². The van der Waals surface area contributed by atoms with Gasteiger partial charge in [0.2, 0.25) is 12.1 Å². The minimum Gasteiger partial charge on any atom is -0.497 e. The van der Waals surface area contributed by atoms with E-state index in [1.54, 1.807) is 48.4 Å². The Morgan fingerprint density at radius 1 is 0.958 bits per heavy atom. The lowest BCUT2D eigenvalue weighted by molar-refractivity contribution is -0.256. The number of nitrogens with one attached hydrogen (secondary N) is 1. The highest BCUT2D eigenvalue weighted by molar-refractivity contribution is 6.18. The molecule has 4 aromatic carbocycles. The number of aliphatic hydroxyl groups is 2. The molecule has 2 heterocycles. The minimum atomic E-state index is -1.58. The van der Waals surface area contributed by atoms with E-state index in [2.05, 4.69) is 18.0 Å². The minimum absolute atomic E-state index is 0.0300. The summed E-state index contributed by atoms with van der Waals surface area (Å²) in [6.45, 7) is 4.84. The quantitative estimate of drug-likeness (QED) is 0.0294. The van der Waals surface area contributed by atoms with E-state index < -0.39 is 42.1 Å². The number of unbranched alkanes of at least 4 members (excludes halogenated alkanes) is 2. The van der Waals surface area contributed by atoms with Crippen LogP contribution >= 0.6 is 11.6 Å². The molecule has 4 aromatic rings. The molecule has 2 aliphatic heterocycles. The summed E-state index contributed by atoms with van der Waals surface area (Å²) in [5.41, 5.74) is 3.50. The molecule has 8 rings (SSSR count). The van der Waals surface area contributed by atoms with Crippen molar-refractivity contribution in [1.29, 1.82) is 0 Å². The van der Waals surface area contributed by atoms with E-state index in [1.807, 2.05) is 48.5 Å². The van der Waals surface area contributed by atoms with E-state index in [-0.39, 0.29) is 62.9 Å². The molecular formula is C55H66ClN3O12. The molecule has 1 saturated carbocycles. The predicted molar refractivity (Wildman–Crippen MR) is 270 cm³/mol. The second-order valence-electron chi connectivity index (χ2n) is 18.3. The third-order valence-corrected chi connectivity index (χ3v) is 14.2. The van der Waals surface area contributed by atoms with Gasteiger partial charge in [-0.2, -0.15) is 0 Å². The molecule has 71 heavy (non-hydrogen) atoms. The first-order valence-corrected chi connectivity index (χ1v) is 25.3. The molecule has 1 saturated heterocycles. The van der Waals surface area contributed by atoms with Crippen LogP contribution in [0.5, 0.6) is 23.0 Å². The monoisotopic (exact) mass is 995 g/mol. The second kappa shape index (κ2) is 24.5. The Morgan fingerprint density at radius 2 is 1.76 bits per heavy atom. The van der Waals surface area contributed by atoms with Crippen LogP contribution in [0.1, 0.15) is 81.3 Å².